The van der Waals surface area contributed by atoms with Crippen LogP contribution in [0.1, 0.15) is 10.9 Å². The van der Waals surface area contributed by atoms with Crippen LogP contribution in [0.5, 0.6) is 17.2 Å². The van der Waals surface area contributed by atoms with E-state index in [0.717, 1.165) is 38.4 Å². The van der Waals surface area contributed by atoms with Crippen LogP contribution in [0.15, 0.2) is 12.1 Å². The second kappa shape index (κ2) is 8.83. The Hall–Kier alpha value is -1.64. The predicted octanol–water partition coefficient (Wildman–Crippen LogP) is 1.62. The van der Waals surface area contributed by atoms with E-state index in [1.54, 1.807) is 33.1 Å². The molecule has 0 spiro atoms. The van der Waals surface area contributed by atoms with E-state index in [-0.39, 0.29) is 11.3 Å². The van der Waals surface area contributed by atoms with E-state index in [1.807, 2.05) is 17.0 Å². The molecule has 2 fully saturated rings. The molecule has 1 aromatic rings. The molecule has 0 N–H and O–H groups in total. The van der Waals surface area contributed by atoms with Gasteiger partial charge >= 0.3 is 0 Å². The minimum absolute atomic E-state index is 0.0442. The molecule has 2 heterocycles. The van der Waals surface area contributed by atoms with Crippen LogP contribution in [0.3, 0.4) is 0 Å². The van der Waals surface area contributed by atoms with Crippen molar-refractivity contribution in [3.05, 3.63) is 17.7 Å². The number of methoxy groups -OCH3 is 3. The number of ether oxygens (including phenoxy) is 4. The largest absolute Gasteiger partial charge is 0.493 e. The average Bonchev–Trinajstić information content (AvgIpc) is 3.06. The van der Waals surface area contributed by atoms with Gasteiger partial charge in [-0.1, -0.05) is 0 Å². The molecule has 1 unspecified atom stereocenters. The van der Waals surface area contributed by atoms with Gasteiger partial charge in [-0.3, -0.25) is 9.69 Å². The maximum atomic E-state index is 12.4. The van der Waals surface area contributed by atoms with Gasteiger partial charge < -0.3 is 23.8 Å². The van der Waals surface area contributed by atoms with Crippen LogP contribution in [-0.4, -0.2) is 82.2 Å². The summed E-state index contributed by atoms with van der Waals surface area (Å²) < 4.78 is 21.7. The Morgan fingerprint density at radius 1 is 1.08 bits per heavy atom. The van der Waals surface area contributed by atoms with E-state index >= 15 is 0 Å². The molecule has 2 aliphatic rings. The summed E-state index contributed by atoms with van der Waals surface area (Å²) in [6.07, 6.45) is 0. The second-order valence-electron chi connectivity index (χ2n) is 6.16. The van der Waals surface area contributed by atoms with E-state index in [0.29, 0.717) is 29.5 Å². The monoisotopic (exact) mass is 382 g/mol. The summed E-state index contributed by atoms with van der Waals surface area (Å²) >= 11 is 1.63. The first-order chi connectivity index (χ1) is 12.7. The number of rotatable bonds is 7. The van der Waals surface area contributed by atoms with E-state index in [1.165, 1.54) is 0 Å². The lowest BCUT2D eigenvalue weighted by Crippen LogP contribution is -2.42. The number of thioether (sulfide) groups is 1. The summed E-state index contributed by atoms with van der Waals surface area (Å²) in [7, 11) is 4.79. The first-order valence-electron chi connectivity index (χ1n) is 8.69. The number of carbonyl (C=O) groups is 1. The molecule has 26 heavy (non-hydrogen) atoms. The van der Waals surface area contributed by atoms with Crippen LogP contribution >= 0.6 is 11.8 Å². The molecule has 0 saturated carbocycles. The van der Waals surface area contributed by atoms with Crippen molar-refractivity contribution in [3.8, 4) is 17.2 Å². The third kappa shape index (κ3) is 4.02. The molecule has 1 atom stereocenters. The lowest BCUT2D eigenvalue weighted by Gasteiger charge is -2.31. The highest BCUT2D eigenvalue weighted by Crippen LogP contribution is 2.45. The molecule has 2 saturated heterocycles. The highest BCUT2D eigenvalue weighted by Gasteiger charge is 2.34. The quantitative estimate of drug-likeness (QED) is 0.710. The topological polar surface area (TPSA) is 60.5 Å². The molecule has 0 aromatic heterocycles. The molecule has 1 amide bonds. The molecule has 3 rings (SSSR count). The van der Waals surface area contributed by atoms with Crippen molar-refractivity contribution in [1.29, 1.82) is 0 Å². The van der Waals surface area contributed by atoms with Gasteiger partial charge in [0.1, 0.15) is 5.37 Å². The third-order valence-corrected chi connectivity index (χ3v) is 5.96. The van der Waals surface area contributed by atoms with Gasteiger partial charge in [-0.2, -0.15) is 0 Å². The van der Waals surface area contributed by atoms with Crippen LogP contribution in [0.2, 0.25) is 0 Å². The van der Waals surface area contributed by atoms with Gasteiger partial charge in [-0.15, -0.1) is 11.8 Å². The second-order valence-corrected chi connectivity index (χ2v) is 7.23. The molecular weight excluding hydrogens is 356 g/mol. The summed E-state index contributed by atoms with van der Waals surface area (Å²) in [5, 5.41) is -0.0442. The number of amides is 1. The van der Waals surface area contributed by atoms with Crippen LogP contribution in [0, 0.1) is 0 Å². The normalized spacial score (nSPS) is 21.1. The standard InChI is InChI=1S/C18H26N2O5S/c1-22-14-10-13(11-15(23-2)17(14)24-3)18-20(16(21)12-26-18)5-4-19-6-8-25-9-7-19/h10-11,18H,4-9,12H2,1-3H3. The zero-order valence-corrected chi connectivity index (χ0v) is 16.3. The Morgan fingerprint density at radius 2 is 1.73 bits per heavy atom. The molecule has 0 bridgehead atoms. The van der Waals surface area contributed by atoms with Crippen LogP contribution < -0.4 is 14.2 Å². The molecule has 144 valence electrons. The molecule has 0 radical (unpaired) electrons. The lowest BCUT2D eigenvalue weighted by molar-refractivity contribution is -0.128. The molecule has 1 aromatic carbocycles. The Bertz CT molecular complexity index is 611. The number of morpholine rings is 1. The molecule has 7 nitrogen and oxygen atoms in total. The van der Waals surface area contributed by atoms with Gasteiger partial charge in [0.25, 0.3) is 0 Å². The minimum atomic E-state index is -0.0442. The van der Waals surface area contributed by atoms with Crippen molar-refractivity contribution in [1.82, 2.24) is 9.80 Å². The van der Waals surface area contributed by atoms with Gasteiger partial charge in [-0.05, 0) is 17.7 Å². The van der Waals surface area contributed by atoms with Crippen LogP contribution in [0.25, 0.3) is 0 Å². The third-order valence-electron chi connectivity index (χ3n) is 4.70. The fourth-order valence-corrected chi connectivity index (χ4v) is 4.49. The maximum Gasteiger partial charge on any atom is 0.233 e. The minimum Gasteiger partial charge on any atom is -0.493 e. The van der Waals surface area contributed by atoms with E-state index in [4.69, 9.17) is 18.9 Å². The summed E-state index contributed by atoms with van der Waals surface area (Å²) in [4.78, 5) is 16.7. The van der Waals surface area contributed by atoms with Gasteiger partial charge in [0.05, 0.1) is 40.3 Å². The van der Waals surface area contributed by atoms with Gasteiger partial charge in [0.15, 0.2) is 11.5 Å². The molecule has 8 heteroatoms. The fraction of sp³-hybridized carbons (Fsp3) is 0.611. The fourth-order valence-electron chi connectivity index (χ4n) is 3.29. The van der Waals surface area contributed by atoms with Crippen LogP contribution in [-0.2, 0) is 9.53 Å². The van der Waals surface area contributed by atoms with Crippen molar-refractivity contribution in [2.45, 2.75) is 5.37 Å². The summed E-state index contributed by atoms with van der Waals surface area (Å²) in [5.74, 6) is 2.43. The average molecular weight is 382 g/mol. The first-order valence-corrected chi connectivity index (χ1v) is 9.74. The lowest BCUT2D eigenvalue weighted by atomic mass is 10.1. The number of hydrogen-bond donors (Lipinski definition) is 0. The highest BCUT2D eigenvalue weighted by atomic mass is 32.2. The van der Waals surface area contributed by atoms with Gasteiger partial charge in [0, 0.05) is 26.2 Å². The van der Waals surface area contributed by atoms with E-state index in [2.05, 4.69) is 4.90 Å². The van der Waals surface area contributed by atoms with Crippen LogP contribution in [0.4, 0.5) is 0 Å². The summed E-state index contributed by atoms with van der Waals surface area (Å²) in [6, 6.07) is 3.86. The zero-order chi connectivity index (χ0) is 18.5. The number of carbonyl (C=O) groups excluding carboxylic acids is 1. The van der Waals surface area contributed by atoms with Gasteiger partial charge in [0.2, 0.25) is 11.7 Å². The summed E-state index contributed by atoms with van der Waals surface area (Å²) in [6.45, 7) is 4.93. The van der Waals surface area contributed by atoms with E-state index < -0.39 is 0 Å². The van der Waals surface area contributed by atoms with Crippen molar-refractivity contribution in [2.24, 2.45) is 0 Å². The SMILES string of the molecule is COc1cc(C2SCC(=O)N2CCN2CCOCC2)cc(OC)c1OC. The zero-order valence-electron chi connectivity index (χ0n) is 15.5. The Morgan fingerprint density at radius 3 is 2.31 bits per heavy atom. The predicted molar refractivity (Wildman–Crippen MR) is 100 cm³/mol. The van der Waals surface area contributed by atoms with Crippen molar-refractivity contribution in [3.63, 3.8) is 0 Å². The first kappa shape index (κ1) is 19.1. The highest BCUT2D eigenvalue weighted by molar-refractivity contribution is 8.00. The number of nitrogens with zero attached hydrogens (tertiary/aromatic N) is 2. The molecule has 0 aliphatic carbocycles. The van der Waals surface area contributed by atoms with Crippen molar-refractivity contribution in [2.75, 3.05) is 66.5 Å². The van der Waals surface area contributed by atoms with Crippen molar-refractivity contribution >= 4 is 17.7 Å². The number of hydrogen-bond acceptors (Lipinski definition) is 7. The Labute approximate surface area is 158 Å². The number of benzene rings is 1. The molecule has 2 aliphatic heterocycles. The van der Waals surface area contributed by atoms with E-state index in [9.17, 15) is 4.79 Å². The Balaban J connectivity index is 1.78. The van der Waals surface area contributed by atoms with Gasteiger partial charge in [-0.25, -0.2) is 0 Å². The van der Waals surface area contributed by atoms with Crippen molar-refractivity contribution < 1.29 is 23.7 Å². The molecular formula is C18H26N2O5S. The Kier molecular flexibility index (Phi) is 6.50. The summed E-state index contributed by atoms with van der Waals surface area (Å²) in [5.41, 5.74) is 0.984. The maximum absolute atomic E-state index is 12.4. The smallest absolute Gasteiger partial charge is 0.233 e.